The Labute approximate surface area is 129 Å². The fourth-order valence-electron chi connectivity index (χ4n) is 5.30. The molecule has 0 heterocycles. The van der Waals surface area contributed by atoms with Crippen LogP contribution in [0.4, 0.5) is 0 Å². The van der Waals surface area contributed by atoms with Crippen LogP contribution in [0.25, 0.3) is 0 Å². The lowest BCUT2D eigenvalue weighted by Gasteiger charge is -2.47. The Morgan fingerprint density at radius 1 is 0.762 bits per heavy atom. The van der Waals surface area contributed by atoms with Gasteiger partial charge in [0.1, 0.15) is 0 Å². The molecule has 2 rings (SSSR count). The summed E-state index contributed by atoms with van der Waals surface area (Å²) in [6.07, 6.45) is 5.73. The van der Waals surface area contributed by atoms with Crippen LogP contribution < -0.4 is 0 Å². The monoisotopic (exact) mass is 296 g/mol. The van der Waals surface area contributed by atoms with E-state index < -0.39 is 11.6 Å². The Balaban J connectivity index is 2.25. The molecule has 0 amide bonds. The second-order valence-electron chi connectivity index (χ2n) is 8.36. The smallest absolute Gasteiger partial charge is 0.336 e. The summed E-state index contributed by atoms with van der Waals surface area (Å²) < 4.78 is 0. The van der Waals surface area contributed by atoms with Crippen molar-refractivity contribution in [1.29, 1.82) is 0 Å². The Morgan fingerprint density at radius 3 is 1.29 bits per heavy atom. The SMILES string of the molecule is C[C@@H]1CC(C(O)(C(=O)O)C2C[C@@H](C)C[C@@H](C)C2)C[C@H](C)C1. The zero-order valence-electron chi connectivity index (χ0n) is 14.0. The van der Waals surface area contributed by atoms with Crippen LogP contribution in [0, 0.1) is 35.5 Å². The second-order valence-corrected chi connectivity index (χ2v) is 8.36. The summed E-state index contributed by atoms with van der Waals surface area (Å²) in [4.78, 5) is 12.0. The van der Waals surface area contributed by atoms with E-state index >= 15 is 0 Å². The number of rotatable bonds is 3. The minimum Gasteiger partial charge on any atom is -0.479 e. The predicted molar refractivity (Wildman–Crippen MR) is 83.9 cm³/mol. The molecule has 2 aliphatic rings. The summed E-state index contributed by atoms with van der Waals surface area (Å²) in [5.41, 5.74) is -1.52. The average Bonchev–Trinajstić information content (AvgIpc) is 2.35. The van der Waals surface area contributed by atoms with Gasteiger partial charge in [-0.2, -0.15) is 0 Å². The number of hydrogen-bond donors (Lipinski definition) is 2. The van der Waals surface area contributed by atoms with Gasteiger partial charge in [-0.1, -0.05) is 27.7 Å². The first kappa shape index (κ1) is 16.8. The normalized spacial score (nSPS) is 44.0. The number of carbonyl (C=O) groups is 1. The number of hydrogen-bond acceptors (Lipinski definition) is 2. The van der Waals surface area contributed by atoms with E-state index in [1.807, 2.05) is 0 Å². The zero-order valence-corrected chi connectivity index (χ0v) is 14.0. The maximum atomic E-state index is 12.0. The van der Waals surface area contributed by atoms with Crippen LogP contribution in [0.5, 0.6) is 0 Å². The maximum Gasteiger partial charge on any atom is 0.336 e. The van der Waals surface area contributed by atoms with Gasteiger partial charge in [-0.25, -0.2) is 4.79 Å². The predicted octanol–water partition coefficient (Wildman–Crippen LogP) is 3.95. The number of carboxylic acids is 1. The second kappa shape index (κ2) is 6.28. The summed E-state index contributed by atoms with van der Waals surface area (Å²) in [5.74, 6) is 0.907. The summed E-state index contributed by atoms with van der Waals surface area (Å²) in [6, 6.07) is 0. The Bertz CT molecular complexity index is 333. The molecule has 0 aromatic heterocycles. The van der Waals surface area contributed by atoms with Crippen LogP contribution in [0.15, 0.2) is 0 Å². The van der Waals surface area contributed by atoms with Crippen molar-refractivity contribution in [2.45, 2.75) is 71.8 Å². The third-order valence-electron chi connectivity index (χ3n) is 5.94. The van der Waals surface area contributed by atoms with Crippen LogP contribution in [0.1, 0.15) is 66.2 Å². The number of aliphatic carboxylic acids is 1. The molecule has 2 fully saturated rings. The summed E-state index contributed by atoms with van der Waals surface area (Å²) in [7, 11) is 0. The van der Waals surface area contributed by atoms with Crippen molar-refractivity contribution in [3.8, 4) is 0 Å². The Morgan fingerprint density at radius 2 is 1.05 bits per heavy atom. The van der Waals surface area contributed by atoms with Crippen LogP contribution in [-0.4, -0.2) is 21.8 Å². The molecule has 21 heavy (non-hydrogen) atoms. The van der Waals surface area contributed by atoms with E-state index in [0.717, 1.165) is 38.5 Å². The molecule has 2 aliphatic carbocycles. The van der Waals surface area contributed by atoms with Crippen molar-refractivity contribution in [2.75, 3.05) is 0 Å². The lowest BCUT2D eigenvalue weighted by molar-refractivity contribution is -0.182. The summed E-state index contributed by atoms with van der Waals surface area (Å²) >= 11 is 0. The van der Waals surface area contributed by atoms with Gasteiger partial charge in [0, 0.05) is 0 Å². The molecule has 0 saturated heterocycles. The van der Waals surface area contributed by atoms with Gasteiger partial charge >= 0.3 is 5.97 Å². The molecule has 2 unspecified atom stereocenters. The molecule has 6 atom stereocenters. The van der Waals surface area contributed by atoms with Crippen molar-refractivity contribution in [1.82, 2.24) is 0 Å². The third-order valence-corrected chi connectivity index (χ3v) is 5.94. The van der Waals surface area contributed by atoms with E-state index in [2.05, 4.69) is 27.7 Å². The topological polar surface area (TPSA) is 57.5 Å². The van der Waals surface area contributed by atoms with E-state index in [0.29, 0.717) is 23.7 Å². The zero-order chi connectivity index (χ0) is 15.8. The largest absolute Gasteiger partial charge is 0.479 e. The van der Waals surface area contributed by atoms with Gasteiger partial charge in [0.25, 0.3) is 0 Å². The molecule has 0 spiro atoms. The van der Waals surface area contributed by atoms with Gasteiger partial charge in [-0.05, 0) is 74.0 Å². The number of aliphatic hydroxyl groups is 1. The van der Waals surface area contributed by atoms with Crippen molar-refractivity contribution < 1.29 is 15.0 Å². The lowest BCUT2D eigenvalue weighted by atomic mass is 9.60. The highest BCUT2D eigenvalue weighted by molar-refractivity contribution is 5.78. The fourth-order valence-corrected chi connectivity index (χ4v) is 5.30. The van der Waals surface area contributed by atoms with E-state index in [4.69, 9.17) is 0 Å². The Kier molecular flexibility index (Phi) is 5.02. The molecule has 3 nitrogen and oxygen atoms in total. The molecular formula is C18H32O3. The number of carboxylic acid groups (broad SMARTS) is 1. The van der Waals surface area contributed by atoms with Crippen molar-refractivity contribution in [2.24, 2.45) is 35.5 Å². The van der Waals surface area contributed by atoms with E-state index in [9.17, 15) is 15.0 Å². The molecule has 0 aliphatic heterocycles. The van der Waals surface area contributed by atoms with Crippen LogP contribution >= 0.6 is 0 Å². The van der Waals surface area contributed by atoms with Crippen molar-refractivity contribution >= 4 is 5.97 Å². The molecule has 0 aromatic carbocycles. The van der Waals surface area contributed by atoms with E-state index in [1.54, 1.807) is 0 Å². The molecule has 2 N–H and O–H groups in total. The van der Waals surface area contributed by atoms with E-state index in [1.165, 1.54) is 0 Å². The van der Waals surface area contributed by atoms with Gasteiger partial charge in [-0.3, -0.25) is 0 Å². The fraction of sp³-hybridized carbons (Fsp3) is 0.944. The molecule has 0 aromatic rings. The highest BCUT2D eigenvalue weighted by Crippen LogP contribution is 2.47. The summed E-state index contributed by atoms with van der Waals surface area (Å²) in [6.45, 7) is 8.77. The molecule has 2 saturated carbocycles. The third kappa shape index (κ3) is 3.44. The minimum absolute atomic E-state index is 0.0868. The first-order chi connectivity index (χ1) is 9.73. The first-order valence-electron chi connectivity index (χ1n) is 8.69. The van der Waals surface area contributed by atoms with Crippen LogP contribution in [0.2, 0.25) is 0 Å². The van der Waals surface area contributed by atoms with Gasteiger partial charge in [0.15, 0.2) is 5.60 Å². The van der Waals surface area contributed by atoms with Crippen LogP contribution in [-0.2, 0) is 4.79 Å². The van der Waals surface area contributed by atoms with Gasteiger partial charge in [0.2, 0.25) is 0 Å². The average molecular weight is 296 g/mol. The van der Waals surface area contributed by atoms with Gasteiger partial charge in [-0.15, -0.1) is 0 Å². The standard InChI is InChI=1S/C18H32O3/c1-11-5-12(2)8-15(7-11)18(21,17(19)20)16-9-13(3)6-14(4)10-16/h11-16,21H,5-10H2,1-4H3,(H,19,20)/t11-,12+,13-,14+,15?,16?,18?. The minimum atomic E-state index is -1.52. The van der Waals surface area contributed by atoms with Gasteiger partial charge in [0.05, 0.1) is 0 Å². The van der Waals surface area contributed by atoms with Crippen molar-refractivity contribution in [3.63, 3.8) is 0 Å². The maximum absolute atomic E-state index is 12.0. The van der Waals surface area contributed by atoms with Crippen LogP contribution in [0.3, 0.4) is 0 Å². The lowest BCUT2D eigenvalue weighted by Crippen LogP contribution is -2.55. The molecule has 0 radical (unpaired) electrons. The quantitative estimate of drug-likeness (QED) is 0.829. The molecule has 122 valence electrons. The summed E-state index contributed by atoms with van der Waals surface area (Å²) in [5, 5.41) is 21.0. The first-order valence-corrected chi connectivity index (χ1v) is 8.69. The highest BCUT2D eigenvalue weighted by Gasteiger charge is 2.53. The highest BCUT2D eigenvalue weighted by atomic mass is 16.4. The molecular weight excluding hydrogens is 264 g/mol. The molecule has 0 bridgehead atoms. The van der Waals surface area contributed by atoms with E-state index in [-0.39, 0.29) is 11.8 Å². The van der Waals surface area contributed by atoms with Gasteiger partial charge < -0.3 is 10.2 Å². The Hall–Kier alpha value is -0.570. The molecule has 3 heteroatoms. The van der Waals surface area contributed by atoms with Crippen molar-refractivity contribution in [3.05, 3.63) is 0 Å².